The highest BCUT2D eigenvalue weighted by Gasteiger charge is 2.17. The number of nitrogens with zero attached hydrogens (tertiary/aromatic N) is 3. The maximum atomic E-state index is 9.02. The van der Waals surface area contributed by atoms with Crippen LogP contribution in [0.25, 0.3) is 22.6 Å². The molecule has 1 unspecified atom stereocenters. The fourth-order valence-electron chi connectivity index (χ4n) is 3.04. The largest absolute Gasteiger partial charge is 0.490 e. The Labute approximate surface area is 151 Å². The fourth-order valence-corrected chi connectivity index (χ4v) is 3.04. The van der Waals surface area contributed by atoms with Crippen molar-refractivity contribution in [3.8, 4) is 17.1 Å². The molecule has 0 aliphatic rings. The van der Waals surface area contributed by atoms with Crippen LogP contribution in [0.4, 0.5) is 0 Å². The first-order chi connectivity index (χ1) is 12.8. The van der Waals surface area contributed by atoms with Crippen molar-refractivity contribution >= 4 is 11.2 Å². The van der Waals surface area contributed by atoms with E-state index in [1.54, 1.807) is 6.20 Å². The monoisotopic (exact) mass is 348 g/mol. The van der Waals surface area contributed by atoms with Crippen LogP contribution in [0.3, 0.4) is 0 Å². The van der Waals surface area contributed by atoms with Gasteiger partial charge < -0.3 is 14.8 Å². The second-order valence-corrected chi connectivity index (χ2v) is 6.07. The summed E-state index contributed by atoms with van der Waals surface area (Å²) in [6.45, 7) is 2.32. The van der Waals surface area contributed by atoms with E-state index in [-0.39, 0.29) is 19.3 Å². The molecule has 6 heteroatoms. The third kappa shape index (κ3) is 2.95. The number of hydrogen-bond acceptors (Lipinski definition) is 4. The summed E-state index contributed by atoms with van der Waals surface area (Å²) >= 11 is 0. The number of nitrogens with one attached hydrogen (secondary N) is 1. The van der Waals surface area contributed by atoms with Crippen molar-refractivity contribution in [3.63, 3.8) is 0 Å². The number of fused-ring (bicyclic) bond motifs is 1. The summed E-state index contributed by atoms with van der Waals surface area (Å²) in [4.78, 5) is 8.08. The molecular weight excluding hydrogens is 328 g/mol. The van der Waals surface area contributed by atoms with Crippen LogP contribution in [0.15, 0.2) is 60.8 Å². The minimum absolute atomic E-state index is 0.0297. The van der Waals surface area contributed by atoms with Gasteiger partial charge in [0.2, 0.25) is 0 Å². The molecule has 4 aromatic rings. The zero-order valence-electron chi connectivity index (χ0n) is 14.5. The zero-order valence-corrected chi connectivity index (χ0v) is 14.5. The standard InChI is InChI=1S/C20H20N4O2/c1-14(15-7-3-2-4-8-15)24-20-17(13-21-24)22-19(23-20)16-9-5-6-10-18(16)26-12-11-25/h2-10,13-14,25H,11-12H2,1H3,(H,22,23). The van der Waals surface area contributed by atoms with E-state index < -0.39 is 0 Å². The normalized spacial score (nSPS) is 12.4. The van der Waals surface area contributed by atoms with E-state index in [4.69, 9.17) is 14.8 Å². The molecule has 2 aromatic heterocycles. The third-order valence-corrected chi connectivity index (χ3v) is 4.38. The number of aromatic amines is 1. The Morgan fingerprint density at radius 3 is 2.69 bits per heavy atom. The molecule has 132 valence electrons. The third-order valence-electron chi connectivity index (χ3n) is 4.38. The first-order valence-electron chi connectivity index (χ1n) is 8.59. The highest BCUT2D eigenvalue weighted by Crippen LogP contribution is 2.30. The summed E-state index contributed by atoms with van der Waals surface area (Å²) in [6, 6.07) is 18.0. The molecular formula is C20H20N4O2. The summed E-state index contributed by atoms with van der Waals surface area (Å²) in [6.07, 6.45) is 1.79. The van der Waals surface area contributed by atoms with Gasteiger partial charge in [0.1, 0.15) is 23.7 Å². The van der Waals surface area contributed by atoms with Crippen LogP contribution in [-0.4, -0.2) is 38.1 Å². The number of imidazole rings is 1. The number of benzene rings is 2. The summed E-state index contributed by atoms with van der Waals surface area (Å²) in [7, 11) is 0. The first kappa shape index (κ1) is 16.4. The number of H-pyrrole nitrogens is 1. The molecule has 0 saturated carbocycles. The lowest BCUT2D eigenvalue weighted by molar-refractivity contribution is 0.202. The van der Waals surface area contributed by atoms with Crippen molar-refractivity contribution in [2.75, 3.05) is 13.2 Å². The molecule has 26 heavy (non-hydrogen) atoms. The Hall–Kier alpha value is -3.12. The molecule has 2 heterocycles. The molecule has 0 spiro atoms. The van der Waals surface area contributed by atoms with Crippen LogP contribution in [0.2, 0.25) is 0 Å². The Morgan fingerprint density at radius 1 is 1.12 bits per heavy atom. The van der Waals surface area contributed by atoms with E-state index in [2.05, 4.69) is 29.1 Å². The number of para-hydroxylation sites is 1. The summed E-state index contributed by atoms with van der Waals surface area (Å²) in [5, 5.41) is 13.5. The van der Waals surface area contributed by atoms with E-state index in [0.29, 0.717) is 5.75 Å². The van der Waals surface area contributed by atoms with Gasteiger partial charge in [0, 0.05) is 0 Å². The molecule has 0 radical (unpaired) electrons. The topological polar surface area (TPSA) is 76.0 Å². The molecule has 1 atom stereocenters. The van der Waals surface area contributed by atoms with Crippen LogP contribution < -0.4 is 4.74 Å². The van der Waals surface area contributed by atoms with Crippen LogP contribution in [0.1, 0.15) is 18.5 Å². The van der Waals surface area contributed by atoms with E-state index in [1.165, 1.54) is 5.56 Å². The predicted octanol–water partition coefficient (Wildman–Crippen LogP) is 3.41. The Balaban J connectivity index is 1.73. The van der Waals surface area contributed by atoms with Crippen molar-refractivity contribution in [1.82, 2.24) is 19.7 Å². The Kier molecular flexibility index (Phi) is 4.41. The maximum absolute atomic E-state index is 9.02. The van der Waals surface area contributed by atoms with Crippen molar-refractivity contribution in [2.45, 2.75) is 13.0 Å². The molecule has 0 fully saturated rings. The molecule has 0 amide bonds. The van der Waals surface area contributed by atoms with Crippen molar-refractivity contribution in [1.29, 1.82) is 0 Å². The molecule has 2 N–H and O–H groups in total. The van der Waals surface area contributed by atoms with E-state index in [1.807, 2.05) is 47.1 Å². The van der Waals surface area contributed by atoms with Crippen molar-refractivity contribution in [3.05, 3.63) is 66.4 Å². The maximum Gasteiger partial charge on any atom is 0.177 e. The second-order valence-electron chi connectivity index (χ2n) is 6.07. The number of ether oxygens (including phenoxy) is 1. The van der Waals surface area contributed by atoms with Gasteiger partial charge in [0.15, 0.2) is 5.65 Å². The number of aliphatic hydroxyl groups is 1. The minimum Gasteiger partial charge on any atom is -0.490 e. The first-order valence-corrected chi connectivity index (χ1v) is 8.59. The van der Waals surface area contributed by atoms with Crippen LogP contribution in [0, 0.1) is 0 Å². The van der Waals surface area contributed by atoms with Gasteiger partial charge in [0.05, 0.1) is 24.4 Å². The SMILES string of the molecule is CC(c1ccccc1)n1ncc2[nH]c(-c3ccccc3OCCO)nc21. The average Bonchev–Trinajstić information content (AvgIpc) is 3.27. The minimum atomic E-state index is -0.0297. The van der Waals surface area contributed by atoms with Gasteiger partial charge in [0.25, 0.3) is 0 Å². The van der Waals surface area contributed by atoms with Crippen LogP contribution >= 0.6 is 0 Å². The number of hydrogen-bond donors (Lipinski definition) is 2. The lowest BCUT2D eigenvalue weighted by atomic mass is 10.1. The van der Waals surface area contributed by atoms with Gasteiger partial charge >= 0.3 is 0 Å². The average molecular weight is 348 g/mol. The zero-order chi connectivity index (χ0) is 17.9. The van der Waals surface area contributed by atoms with Crippen LogP contribution in [0.5, 0.6) is 5.75 Å². The van der Waals surface area contributed by atoms with Gasteiger partial charge in [-0.25, -0.2) is 9.67 Å². The van der Waals surface area contributed by atoms with E-state index in [0.717, 1.165) is 22.6 Å². The highest BCUT2D eigenvalue weighted by atomic mass is 16.5. The van der Waals surface area contributed by atoms with Gasteiger partial charge in [-0.2, -0.15) is 5.10 Å². The lowest BCUT2D eigenvalue weighted by Crippen LogP contribution is -2.08. The fraction of sp³-hybridized carbons (Fsp3) is 0.200. The van der Waals surface area contributed by atoms with Gasteiger partial charge in [-0.05, 0) is 24.6 Å². The van der Waals surface area contributed by atoms with E-state index in [9.17, 15) is 0 Å². The quantitative estimate of drug-likeness (QED) is 0.560. The van der Waals surface area contributed by atoms with Gasteiger partial charge in [-0.1, -0.05) is 42.5 Å². The smallest absolute Gasteiger partial charge is 0.177 e. The summed E-state index contributed by atoms with van der Waals surface area (Å²) < 4.78 is 7.55. The predicted molar refractivity (Wildman–Crippen MR) is 100 cm³/mol. The summed E-state index contributed by atoms with van der Waals surface area (Å²) in [5.74, 6) is 1.41. The number of rotatable bonds is 6. The lowest BCUT2D eigenvalue weighted by Gasteiger charge is -2.12. The molecule has 0 aliphatic carbocycles. The highest BCUT2D eigenvalue weighted by molar-refractivity contribution is 5.78. The number of aliphatic hydroxyl groups excluding tert-OH is 1. The number of aromatic nitrogens is 4. The molecule has 2 aromatic carbocycles. The van der Waals surface area contributed by atoms with Gasteiger partial charge in [-0.3, -0.25) is 0 Å². The van der Waals surface area contributed by atoms with E-state index >= 15 is 0 Å². The molecule has 0 saturated heterocycles. The van der Waals surface area contributed by atoms with Crippen molar-refractivity contribution < 1.29 is 9.84 Å². The summed E-state index contributed by atoms with van der Waals surface area (Å²) in [5.41, 5.74) is 3.71. The Morgan fingerprint density at radius 2 is 1.88 bits per heavy atom. The molecule has 0 bridgehead atoms. The van der Waals surface area contributed by atoms with Gasteiger partial charge in [-0.15, -0.1) is 0 Å². The molecule has 0 aliphatic heterocycles. The molecule has 6 nitrogen and oxygen atoms in total. The van der Waals surface area contributed by atoms with Crippen LogP contribution in [-0.2, 0) is 0 Å². The Bertz CT molecular complexity index is 1010. The van der Waals surface area contributed by atoms with Crippen molar-refractivity contribution in [2.24, 2.45) is 0 Å². The second kappa shape index (κ2) is 7.01. The molecule has 4 rings (SSSR count).